The number of hydrogen-bond donors (Lipinski definition) is 7. The summed E-state index contributed by atoms with van der Waals surface area (Å²) < 4.78 is 6.47. The van der Waals surface area contributed by atoms with E-state index in [2.05, 4.69) is 337 Å². The number of carboxylic acids is 1. The standard InChI is InChI=1S/2C14H13N.C14H11N.C13H11NO.C13H11N.C12H15NO.C12H15N.C12H9N.C10H9NO2/c2*1-3-7-13-11(5-1)9-10-12-6-2-4-8-14(12)15-13;1-2-15-13-9-5-3-7-11(13)12-8-4-6-10-14(12)15;1-14-12-5-3-2-4-10(12)11-7-6-9(15)8-13(11)14;1-14-12-8-4-2-6-10(12)11-7-3-5-9-13(11)14;14-11-6-5-9-3-1-7-13-8-2-4-10(11)12(9)13;1-4-10-6-2-8-13-9-3-7-11(5-1)12(10)13;1-3-7-11-9(5-1)10-6-2-4-8-12(10)13-11;12-10(13)5-7-6-11-9-4-2-1-3-8(7)9/h2*1-8,15H,9-10H2;2-10H,1H2;2-8,15H,1H3;2-9H,1H3;5-6,14H,1-4,7-8H2;1,4-5H,2-3,6-9H2;1-8,13H;1-4,6,11H,5H2,(H,12,13). The van der Waals surface area contributed by atoms with Crippen molar-refractivity contribution in [3.63, 3.8) is 0 Å². The second-order valence-electron chi connectivity index (χ2n) is 33.4. The lowest BCUT2D eigenvalue weighted by atomic mass is 9.91. The number of benzene rings is 15. The number of aryl methyl sites for hydroxylation is 9. The molecule has 632 valence electrons. The fraction of sp³-hybridized carbons (Fsp3) is 0.167. The molecule has 0 bridgehead atoms. The Hall–Kier alpha value is -15.0. The molecule has 20 aromatic rings. The summed E-state index contributed by atoms with van der Waals surface area (Å²) in [4.78, 5) is 21.9. The smallest absolute Gasteiger partial charge is 0.307 e. The maximum absolute atomic E-state index is 10.5. The lowest BCUT2D eigenvalue weighted by molar-refractivity contribution is -0.136. The third-order valence-electron chi connectivity index (χ3n) is 25.5. The Morgan fingerprint density at radius 3 is 1.13 bits per heavy atom. The molecule has 0 unspecified atom stereocenters. The predicted octanol–water partition coefficient (Wildman–Crippen LogP) is 26.9. The first-order chi connectivity index (χ1) is 62.5. The molecular weight excluding hydrogens is 1560 g/mol. The number of anilines is 6. The SMILES string of the molecule is C=Cn1c2ccccc2c2ccccc21.Cn1c2ccccc2c2ccc(O)cc21.Cn1c2ccccc2c2ccccc21.O=C(O)Cc1c[nH]c2ccccc12.Oc1ccc2c3c1CCCN3CCC2.c1cc2c3c(c1)CCCN3CCC2.c1ccc2c(c1)CCc1ccccc1N2.c1ccc2c(c1)CCc1ccccc1N2.c1ccc2c(c1)[nH]c1ccccc12. The van der Waals surface area contributed by atoms with Crippen LogP contribution in [0.4, 0.5) is 34.1 Å². The Morgan fingerprint density at radius 2 is 0.685 bits per heavy atom. The molecule has 0 atom stereocenters. The Morgan fingerprint density at radius 1 is 0.339 bits per heavy atom. The maximum Gasteiger partial charge on any atom is 0.307 e. The molecule has 26 rings (SSSR count). The van der Waals surface area contributed by atoms with Crippen LogP contribution in [-0.4, -0.2) is 71.1 Å². The number of phenolic OH excluding ortho intramolecular Hbond substituents is 2. The molecule has 15 aromatic carbocycles. The second kappa shape index (κ2) is 38.4. The van der Waals surface area contributed by atoms with Crippen molar-refractivity contribution < 1.29 is 20.1 Å². The molecule has 0 saturated carbocycles. The molecule has 13 nitrogen and oxygen atoms in total. The molecule has 7 N–H and O–H groups in total. The minimum Gasteiger partial charge on any atom is -0.508 e. The van der Waals surface area contributed by atoms with Gasteiger partial charge in [-0.1, -0.05) is 249 Å². The highest BCUT2D eigenvalue weighted by Crippen LogP contribution is 2.41. The van der Waals surface area contributed by atoms with Gasteiger partial charge >= 0.3 is 5.97 Å². The van der Waals surface area contributed by atoms with Crippen LogP contribution >= 0.6 is 0 Å². The predicted molar refractivity (Wildman–Crippen MR) is 533 cm³/mol. The number of nitrogens with zero attached hydrogens (tertiary/aromatic N) is 5. The van der Waals surface area contributed by atoms with Gasteiger partial charge in [-0.2, -0.15) is 0 Å². The summed E-state index contributed by atoms with van der Waals surface area (Å²) in [5.74, 6) is 0.00788. The first-order valence-corrected chi connectivity index (χ1v) is 44.7. The number of carboxylic acid groups (broad SMARTS) is 1. The van der Waals surface area contributed by atoms with Gasteiger partial charge in [0.05, 0.1) is 23.0 Å². The molecule has 5 aromatic heterocycles. The number of fused-ring (bicyclic) bond motifs is 17. The molecule has 0 fully saturated rings. The molecule has 13 heteroatoms. The van der Waals surface area contributed by atoms with E-state index in [0.29, 0.717) is 11.5 Å². The first-order valence-electron chi connectivity index (χ1n) is 44.7. The van der Waals surface area contributed by atoms with Crippen molar-refractivity contribution in [2.24, 2.45) is 14.1 Å². The zero-order chi connectivity index (χ0) is 86.5. The monoisotopic (exact) mass is 1670 g/mol. The third kappa shape index (κ3) is 18.1. The molecule has 127 heavy (non-hydrogen) atoms. The van der Waals surface area contributed by atoms with Gasteiger partial charge < -0.3 is 59.4 Å². The molecule has 6 aliphatic heterocycles. The number of aromatic amines is 2. The highest BCUT2D eigenvalue weighted by molar-refractivity contribution is 6.11. The zero-order valence-corrected chi connectivity index (χ0v) is 72.2. The van der Waals surface area contributed by atoms with Crippen LogP contribution in [0.2, 0.25) is 0 Å². The molecular formula is C114H107N9O4. The van der Waals surface area contributed by atoms with Crippen molar-refractivity contribution in [1.29, 1.82) is 0 Å². The second-order valence-corrected chi connectivity index (χ2v) is 33.4. The van der Waals surface area contributed by atoms with Gasteiger partial charge in [0.25, 0.3) is 0 Å². The number of phenols is 2. The minimum atomic E-state index is -0.801. The minimum absolute atomic E-state index is 0.0734. The normalized spacial score (nSPS) is 13.4. The number of para-hydroxylation sites is 13. The van der Waals surface area contributed by atoms with Crippen LogP contribution in [0, 0.1) is 0 Å². The van der Waals surface area contributed by atoms with E-state index in [9.17, 15) is 15.0 Å². The van der Waals surface area contributed by atoms with Crippen molar-refractivity contribution >= 4 is 144 Å². The number of carbonyl (C=O) groups is 1. The van der Waals surface area contributed by atoms with Crippen LogP contribution < -0.4 is 20.4 Å². The average Bonchev–Trinajstić information content (AvgIpc) is 1.62. The highest BCUT2D eigenvalue weighted by Gasteiger charge is 2.27. The fourth-order valence-corrected chi connectivity index (χ4v) is 19.4. The molecule has 0 amide bonds. The van der Waals surface area contributed by atoms with E-state index in [1.807, 2.05) is 61.8 Å². The Kier molecular flexibility index (Phi) is 25.1. The van der Waals surface area contributed by atoms with Gasteiger partial charge in [-0.25, -0.2) is 0 Å². The van der Waals surface area contributed by atoms with Crippen molar-refractivity contribution in [2.45, 2.75) is 83.5 Å². The van der Waals surface area contributed by atoms with Crippen LogP contribution in [0.5, 0.6) is 11.5 Å². The summed E-state index contributed by atoms with van der Waals surface area (Å²) in [6.45, 7) is 8.77. The lowest BCUT2D eigenvalue weighted by Crippen LogP contribution is -2.34. The Labute approximate surface area is 741 Å². The number of aromatic hydroxyl groups is 2. The summed E-state index contributed by atoms with van der Waals surface area (Å²) in [5.41, 5.74) is 30.9. The van der Waals surface area contributed by atoms with Crippen LogP contribution in [-0.2, 0) is 76.7 Å². The molecule has 11 heterocycles. The van der Waals surface area contributed by atoms with Crippen LogP contribution in [0.15, 0.2) is 352 Å². The Bertz CT molecular complexity index is 6950. The van der Waals surface area contributed by atoms with Gasteiger partial charge in [0, 0.05) is 180 Å². The molecule has 6 aliphatic rings. The largest absolute Gasteiger partial charge is 0.508 e. The van der Waals surface area contributed by atoms with Gasteiger partial charge in [0.15, 0.2) is 0 Å². The topological polar surface area (TPSA) is 155 Å². The van der Waals surface area contributed by atoms with E-state index >= 15 is 0 Å². The summed E-state index contributed by atoms with van der Waals surface area (Å²) in [6, 6.07) is 117. The molecule has 0 aliphatic carbocycles. The van der Waals surface area contributed by atoms with Crippen LogP contribution in [0.1, 0.15) is 75.8 Å². The summed E-state index contributed by atoms with van der Waals surface area (Å²) in [5, 5.41) is 46.2. The molecule has 0 saturated heterocycles. The van der Waals surface area contributed by atoms with Crippen molar-refractivity contribution in [3.05, 3.63) is 403 Å². The van der Waals surface area contributed by atoms with Gasteiger partial charge in [-0.05, 0) is 213 Å². The van der Waals surface area contributed by atoms with E-state index in [1.54, 1.807) is 35.1 Å². The molecule has 0 spiro atoms. The van der Waals surface area contributed by atoms with E-state index in [1.165, 1.54) is 215 Å². The fourth-order valence-electron chi connectivity index (χ4n) is 19.4. The Balaban J connectivity index is 0.0000000967. The summed E-state index contributed by atoms with van der Waals surface area (Å²) in [6.07, 6.45) is 18.1. The quantitative estimate of drug-likeness (QED) is 0.0923. The van der Waals surface area contributed by atoms with Gasteiger partial charge in [-0.15, -0.1) is 0 Å². The zero-order valence-electron chi connectivity index (χ0n) is 72.2. The van der Waals surface area contributed by atoms with Crippen LogP contribution in [0.25, 0.3) is 104 Å². The number of aliphatic carboxylic acids is 1. The number of nitrogens with one attached hydrogen (secondary N) is 4. The summed E-state index contributed by atoms with van der Waals surface area (Å²) >= 11 is 0. The van der Waals surface area contributed by atoms with E-state index < -0.39 is 5.97 Å². The number of rotatable bonds is 3. The van der Waals surface area contributed by atoms with E-state index in [-0.39, 0.29) is 6.42 Å². The number of hydrogen-bond acceptors (Lipinski definition) is 7. The first kappa shape index (κ1) is 83.0. The number of aromatic nitrogens is 5. The van der Waals surface area contributed by atoms with Crippen LogP contribution in [0.3, 0.4) is 0 Å². The molecule has 0 radical (unpaired) electrons. The lowest BCUT2D eigenvalue weighted by Gasteiger charge is -2.36. The van der Waals surface area contributed by atoms with E-state index in [4.69, 9.17) is 5.11 Å². The van der Waals surface area contributed by atoms with Gasteiger partial charge in [0.1, 0.15) is 11.5 Å². The van der Waals surface area contributed by atoms with Gasteiger partial charge in [0.2, 0.25) is 0 Å². The van der Waals surface area contributed by atoms with Crippen molar-refractivity contribution in [2.75, 3.05) is 46.6 Å². The average molecular weight is 1670 g/mol. The summed E-state index contributed by atoms with van der Waals surface area (Å²) in [7, 11) is 4.13. The van der Waals surface area contributed by atoms with Gasteiger partial charge in [-0.3, -0.25) is 4.79 Å². The third-order valence-corrected chi connectivity index (χ3v) is 25.5. The van der Waals surface area contributed by atoms with E-state index in [0.717, 1.165) is 54.1 Å². The number of H-pyrrole nitrogens is 2. The maximum atomic E-state index is 10.5. The highest BCUT2D eigenvalue weighted by atomic mass is 16.4. The van der Waals surface area contributed by atoms with Crippen molar-refractivity contribution in [1.82, 2.24) is 23.7 Å². The van der Waals surface area contributed by atoms with Crippen molar-refractivity contribution in [3.8, 4) is 11.5 Å².